The number of carbonyl (C=O) groups excluding carboxylic acids is 1. The van der Waals surface area contributed by atoms with Crippen molar-refractivity contribution in [1.29, 1.82) is 0 Å². The Morgan fingerprint density at radius 3 is 2.83 bits per heavy atom. The van der Waals surface area contributed by atoms with Crippen LogP contribution in [0.15, 0.2) is 24.3 Å². The second-order valence-corrected chi connectivity index (χ2v) is 5.66. The van der Waals surface area contributed by atoms with E-state index in [1.165, 1.54) is 0 Å². The van der Waals surface area contributed by atoms with Crippen LogP contribution >= 0.6 is 11.6 Å². The highest BCUT2D eigenvalue weighted by Gasteiger charge is 2.31. The smallest absolute Gasteiger partial charge is 0.143 e. The Morgan fingerprint density at radius 1 is 1.33 bits per heavy atom. The molecule has 2 rings (SSSR count). The lowest BCUT2D eigenvalue weighted by Gasteiger charge is -2.18. The fourth-order valence-electron chi connectivity index (χ4n) is 2.56. The SMILES string of the molecule is COc1cccc([C@@H]2C[C@H](Cl)CC[C@H](C)C2=O)c1. The maximum absolute atomic E-state index is 12.4. The lowest BCUT2D eigenvalue weighted by Crippen LogP contribution is -2.18. The number of ketones is 1. The molecule has 3 atom stereocenters. The van der Waals surface area contributed by atoms with Crippen molar-refractivity contribution in [2.75, 3.05) is 7.11 Å². The summed E-state index contributed by atoms with van der Waals surface area (Å²) in [6.45, 7) is 2.00. The van der Waals surface area contributed by atoms with E-state index in [0.29, 0.717) is 5.78 Å². The third-order valence-corrected chi connectivity index (χ3v) is 4.13. The number of carbonyl (C=O) groups is 1. The van der Waals surface area contributed by atoms with Gasteiger partial charge in [-0.25, -0.2) is 0 Å². The van der Waals surface area contributed by atoms with Gasteiger partial charge in [0.2, 0.25) is 0 Å². The highest BCUT2D eigenvalue weighted by atomic mass is 35.5. The average Bonchev–Trinajstić information content (AvgIpc) is 2.52. The molecule has 18 heavy (non-hydrogen) atoms. The average molecular weight is 267 g/mol. The predicted octanol–water partition coefficient (Wildman–Crippen LogP) is 3.78. The first-order valence-electron chi connectivity index (χ1n) is 6.43. The fourth-order valence-corrected chi connectivity index (χ4v) is 2.87. The van der Waals surface area contributed by atoms with E-state index in [0.717, 1.165) is 30.6 Å². The van der Waals surface area contributed by atoms with Crippen LogP contribution in [0.3, 0.4) is 0 Å². The largest absolute Gasteiger partial charge is 0.497 e. The number of rotatable bonds is 2. The molecule has 1 aromatic rings. The van der Waals surface area contributed by atoms with E-state index in [4.69, 9.17) is 16.3 Å². The minimum atomic E-state index is -0.0832. The molecule has 0 amide bonds. The molecule has 0 N–H and O–H groups in total. The van der Waals surface area contributed by atoms with E-state index < -0.39 is 0 Å². The molecule has 0 radical (unpaired) electrons. The van der Waals surface area contributed by atoms with Crippen LogP contribution in [-0.4, -0.2) is 18.3 Å². The first-order chi connectivity index (χ1) is 8.61. The molecule has 1 fully saturated rings. The van der Waals surface area contributed by atoms with Crippen molar-refractivity contribution in [3.63, 3.8) is 0 Å². The monoisotopic (exact) mass is 266 g/mol. The molecule has 1 saturated carbocycles. The number of ether oxygens (including phenoxy) is 1. The Balaban J connectivity index is 2.30. The predicted molar refractivity (Wildman–Crippen MR) is 73.4 cm³/mol. The molecule has 0 aliphatic heterocycles. The Kier molecular flexibility index (Phi) is 4.28. The van der Waals surface area contributed by atoms with Gasteiger partial charge < -0.3 is 4.74 Å². The first-order valence-corrected chi connectivity index (χ1v) is 6.87. The summed E-state index contributed by atoms with van der Waals surface area (Å²) >= 11 is 6.29. The van der Waals surface area contributed by atoms with E-state index in [1.54, 1.807) is 7.11 Å². The van der Waals surface area contributed by atoms with Crippen molar-refractivity contribution in [2.45, 2.75) is 37.5 Å². The summed E-state index contributed by atoms with van der Waals surface area (Å²) in [5.41, 5.74) is 1.03. The van der Waals surface area contributed by atoms with Crippen molar-refractivity contribution in [1.82, 2.24) is 0 Å². The van der Waals surface area contributed by atoms with Gasteiger partial charge in [0.05, 0.1) is 7.11 Å². The zero-order valence-corrected chi connectivity index (χ0v) is 11.6. The molecule has 1 aromatic carbocycles. The van der Waals surface area contributed by atoms with Gasteiger partial charge in [0.1, 0.15) is 11.5 Å². The molecule has 1 aliphatic rings. The minimum Gasteiger partial charge on any atom is -0.497 e. The lowest BCUT2D eigenvalue weighted by molar-refractivity contribution is -0.123. The van der Waals surface area contributed by atoms with Crippen LogP contribution in [0.1, 0.15) is 37.7 Å². The molecule has 0 bridgehead atoms. The topological polar surface area (TPSA) is 26.3 Å². The molecule has 2 nitrogen and oxygen atoms in total. The molecule has 0 unspecified atom stereocenters. The molecular formula is C15H19ClO2. The van der Waals surface area contributed by atoms with E-state index in [2.05, 4.69) is 0 Å². The van der Waals surface area contributed by atoms with Gasteiger partial charge in [-0.2, -0.15) is 0 Å². The van der Waals surface area contributed by atoms with E-state index in [-0.39, 0.29) is 17.2 Å². The molecule has 98 valence electrons. The fraction of sp³-hybridized carbons (Fsp3) is 0.533. The van der Waals surface area contributed by atoms with Crippen LogP contribution in [0.4, 0.5) is 0 Å². The van der Waals surface area contributed by atoms with Crippen LogP contribution in [-0.2, 0) is 4.79 Å². The van der Waals surface area contributed by atoms with Crippen LogP contribution in [0, 0.1) is 5.92 Å². The summed E-state index contributed by atoms with van der Waals surface area (Å²) in [4.78, 5) is 12.4. The van der Waals surface area contributed by atoms with Crippen molar-refractivity contribution < 1.29 is 9.53 Å². The first kappa shape index (κ1) is 13.4. The van der Waals surface area contributed by atoms with Crippen LogP contribution in [0.5, 0.6) is 5.75 Å². The number of hydrogen-bond donors (Lipinski definition) is 0. The second-order valence-electron chi connectivity index (χ2n) is 5.04. The van der Waals surface area contributed by atoms with Gasteiger partial charge in [-0.1, -0.05) is 19.1 Å². The summed E-state index contributed by atoms with van der Waals surface area (Å²) in [7, 11) is 1.64. The van der Waals surface area contributed by atoms with Gasteiger partial charge in [0, 0.05) is 17.2 Å². The standard InChI is InChI=1S/C15H19ClO2/c1-10-6-7-12(16)9-14(15(10)17)11-4-3-5-13(8-11)18-2/h3-5,8,10,12,14H,6-7,9H2,1-2H3/t10-,12+,14-/m0/s1. The van der Waals surface area contributed by atoms with Crippen molar-refractivity contribution in [2.24, 2.45) is 5.92 Å². The Labute approximate surface area is 113 Å². The molecule has 0 saturated heterocycles. The van der Waals surface area contributed by atoms with Gasteiger partial charge in [0.25, 0.3) is 0 Å². The number of methoxy groups -OCH3 is 1. The van der Waals surface area contributed by atoms with Crippen molar-refractivity contribution in [3.8, 4) is 5.75 Å². The maximum atomic E-state index is 12.4. The van der Waals surface area contributed by atoms with Gasteiger partial charge in [-0.3, -0.25) is 4.79 Å². The Hall–Kier alpha value is -1.02. The van der Waals surface area contributed by atoms with E-state index in [1.807, 2.05) is 31.2 Å². The quantitative estimate of drug-likeness (QED) is 0.602. The summed E-state index contributed by atoms with van der Waals surface area (Å²) in [5, 5.41) is 0.0927. The van der Waals surface area contributed by atoms with Crippen molar-refractivity contribution >= 4 is 17.4 Å². The van der Waals surface area contributed by atoms with Gasteiger partial charge >= 0.3 is 0 Å². The third kappa shape index (κ3) is 2.86. The van der Waals surface area contributed by atoms with Crippen LogP contribution in [0.25, 0.3) is 0 Å². The number of benzene rings is 1. The van der Waals surface area contributed by atoms with Gasteiger partial charge in [-0.15, -0.1) is 11.6 Å². The zero-order valence-electron chi connectivity index (χ0n) is 10.9. The maximum Gasteiger partial charge on any atom is 0.143 e. The molecule has 0 aromatic heterocycles. The van der Waals surface area contributed by atoms with Crippen LogP contribution < -0.4 is 4.74 Å². The van der Waals surface area contributed by atoms with Crippen molar-refractivity contribution in [3.05, 3.63) is 29.8 Å². The van der Waals surface area contributed by atoms with Gasteiger partial charge in [0.15, 0.2) is 0 Å². The summed E-state index contributed by atoms with van der Waals surface area (Å²) in [6, 6.07) is 7.77. The molecule has 3 heteroatoms. The summed E-state index contributed by atoms with van der Waals surface area (Å²) < 4.78 is 5.22. The summed E-state index contributed by atoms with van der Waals surface area (Å²) in [6.07, 6.45) is 2.56. The molecule has 0 spiro atoms. The highest BCUT2D eigenvalue weighted by Crippen LogP contribution is 2.35. The third-order valence-electron chi connectivity index (χ3n) is 3.73. The minimum absolute atomic E-state index is 0.0832. The van der Waals surface area contributed by atoms with E-state index >= 15 is 0 Å². The number of halogens is 1. The number of Topliss-reactive ketones (excluding diaryl/α,β-unsaturated/α-hetero) is 1. The highest BCUT2D eigenvalue weighted by molar-refractivity contribution is 6.20. The van der Waals surface area contributed by atoms with E-state index in [9.17, 15) is 4.79 Å². The molecule has 1 aliphatic carbocycles. The lowest BCUT2D eigenvalue weighted by atomic mass is 9.87. The number of hydrogen-bond acceptors (Lipinski definition) is 2. The number of alkyl halides is 1. The molecular weight excluding hydrogens is 248 g/mol. The normalized spacial score (nSPS) is 28.8. The second kappa shape index (κ2) is 5.75. The Bertz CT molecular complexity index is 430. The zero-order chi connectivity index (χ0) is 13.1. The molecule has 0 heterocycles. The Morgan fingerprint density at radius 2 is 2.11 bits per heavy atom. The van der Waals surface area contributed by atoms with Crippen LogP contribution in [0.2, 0.25) is 0 Å². The van der Waals surface area contributed by atoms with Gasteiger partial charge in [-0.05, 0) is 37.0 Å². The summed E-state index contributed by atoms with van der Waals surface area (Å²) in [5.74, 6) is 1.12.